The van der Waals surface area contributed by atoms with Crippen LogP contribution in [0, 0.1) is 12.7 Å². The zero-order valence-corrected chi connectivity index (χ0v) is 11.3. The first-order valence-electron chi connectivity index (χ1n) is 5.76. The molecule has 0 radical (unpaired) electrons. The van der Waals surface area contributed by atoms with Gasteiger partial charge in [-0.3, -0.25) is 10.1 Å². The molecular weight excluding hydrogens is 267 g/mol. The number of halogens is 1. The summed E-state index contributed by atoms with van der Waals surface area (Å²) in [6.45, 7) is 4.10. The third kappa shape index (κ3) is 3.05. The van der Waals surface area contributed by atoms with Gasteiger partial charge < -0.3 is 5.32 Å². The van der Waals surface area contributed by atoms with E-state index in [2.05, 4.69) is 20.0 Å². The van der Waals surface area contributed by atoms with Crippen LogP contribution in [0.4, 0.5) is 15.2 Å². The second-order valence-electron chi connectivity index (χ2n) is 3.79. The van der Waals surface area contributed by atoms with E-state index in [0.29, 0.717) is 17.5 Å². The molecule has 7 heteroatoms. The van der Waals surface area contributed by atoms with E-state index in [0.717, 1.165) is 11.5 Å². The minimum Gasteiger partial charge on any atom is -0.382 e. The highest BCUT2D eigenvalue weighted by molar-refractivity contribution is 7.09. The molecule has 1 aromatic heterocycles. The highest BCUT2D eigenvalue weighted by Crippen LogP contribution is 2.21. The Labute approximate surface area is 114 Å². The summed E-state index contributed by atoms with van der Waals surface area (Å²) in [6, 6.07) is 4.37. The fourth-order valence-electron chi connectivity index (χ4n) is 1.58. The number of aromatic nitrogens is 2. The molecule has 2 aromatic rings. The Bertz CT molecular complexity index is 599. The van der Waals surface area contributed by atoms with Gasteiger partial charge in [-0.15, -0.1) is 0 Å². The largest absolute Gasteiger partial charge is 0.382 e. The minimum atomic E-state index is -0.456. The van der Waals surface area contributed by atoms with Crippen molar-refractivity contribution < 1.29 is 9.18 Å². The van der Waals surface area contributed by atoms with E-state index in [4.69, 9.17) is 0 Å². The first-order chi connectivity index (χ1) is 9.11. The number of hydrogen-bond donors (Lipinski definition) is 2. The predicted molar refractivity (Wildman–Crippen MR) is 73.2 cm³/mol. The highest BCUT2D eigenvalue weighted by atomic mass is 32.1. The molecule has 0 saturated heterocycles. The summed E-state index contributed by atoms with van der Waals surface area (Å²) < 4.78 is 17.6. The average Bonchev–Trinajstić information content (AvgIpc) is 2.77. The number of nitrogens with zero attached hydrogens (tertiary/aromatic N) is 2. The predicted octanol–water partition coefficient (Wildman–Crippen LogP) is 2.67. The zero-order chi connectivity index (χ0) is 13.8. The third-order valence-electron chi connectivity index (χ3n) is 2.36. The van der Waals surface area contributed by atoms with E-state index in [1.54, 1.807) is 13.0 Å². The van der Waals surface area contributed by atoms with Crippen LogP contribution in [0.1, 0.15) is 23.1 Å². The number of carbonyl (C=O) groups is 1. The number of rotatable bonds is 4. The molecule has 1 amide bonds. The van der Waals surface area contributed by atoms with Crippen LogP contribution in [-0.4, -0.2) is 21.8 Å². The zero-order valence-electron chi connectivity index (χ0n) is 10.5. The Hall–Kier alpha value is -2.02. The number of nitrogens with one attached hydrogen (secondary N) is 2. The topological polar surface area (TPSA) is 66.9 Å². The number of anilines is 2. The summed E-state index contributed by atoms with van der Waals surface area (Å²) in [7, 11) is 0. The summed E-state index contributed by atoms with van der Waals surface area (Å²) in [5.74, 6) is -0.277. The molecule has 5 nitrogen and oxygen atoms in total. The van der Waals surface area contributed by atoms with Crippen LogP contribution in [0.5, 0.6) is 0 Å². The molecular formula is C12H13FN4OS. The molecule has 19 heavy (non-hydrogen) atoms. The van der Waals surface area contributed by atoms with Crippen molar-refractivity contribution in [3.8, 4) is 0 Å². The molecule has 0 aliphatic heterocycles. The Morgan fingerprint density at radius 3 is 2.89 bits per heavy atom. The summed E-state index contributed by atoms with van der Waals surface area (Å²) in [5.41, 5.74) is 0.443. The van der Waals surface area contributed by atoms with E-state index < -0.39 is 11.7 Å². The van der Waals surface area contributed by atoms with E-state index in [9.17, 15) is 9.18 Å². The van der Waals surface area contributed by atoms with Gasteiger partial charge in [-0.1, -0.05) is 6.07 Å². The summed E-state index contributed by atoms with van der Waals surface area (Å²) in [4.78, 5) is 16.1. The Morgan fingerprint density at radius 2 is 2.26 bits per heavy atom. The quantitative estimate of drug-likeness (QED) is 0.903. The lowest BCUT2D eigenvalue weighted by atomic mass is 10.1. The fraction of sp³-hybridized carbons (Fsp3) is 0.250. The number of amides is 1. The molecule has 100 valence electrons. The Kier molecular flexibility index (Phi) is 4.06. The molecule has 0 bridgehead atoms. The van der Waals surface area contributed by atoms with Gasteiger partial charge >= 0.3 is 0 Å². The van der Waals surface area contributed by atoms with Crippen LogP contribution in [0.15, 0.2) is 18.2 Å². The number of benzene rings is 1. The average molecular weight is 280 g/mol. The van der Waals surface area contributed by atoms with Crippen LogP contribution >= 0.6 is 11.5 Å². The van der Waals surface area contributed by atoms with Gasteiger partial charge in [0.25, 0.3) is 5.91 Å². The third-order valence-corrected chi connectivity index (χ3v) is 3.08. The van der Waals surface area contributed by atoms with Crippen molar-refractivity contribution in [2.45, 2.75) is 13.8 Å². The number of aryl methyl sites for hydroxylation is 1. The molecule has 0 fully saturated rings. The first-order valence-corrected chi connectivity index (χ1v) is 6.53. The molecule has 2 rings (SSSR count). The SMILES string of the molecule is CCNc1c(F)cccc1C(=O)Nc1nc(C)ns1. The molecule has 0 aliphatic rings. The maximum Gasteiger partial charge on any atom is 0.259 e. The normalized spacial score (nSPS) is 10.3. The van der Waals surface area contributed by atoms with E-state index in [-0.39, 0.29) is 11.3 Å². The standard InChI is InChI=1S/C12H13FN4OS/c1-3-14-10-8(5-4-6-9(10)13)11(18)16-12-15-7(2)17-19-12/h4-6,14H,3H2,1-2H3,(H,15,16,17,18). The molecule has 1 heterocycles. The van der Waals surface area contributed by atoms with Crippen LogP contribution in [0.2, 0.25) is 0 Å². The lowest BCUT2D eigenvalue weighted by molar-refractivity contribution is 0.102. The van der Waals surface area contributed by atoms with Crippen molar-refractivity contribution in [1.82, 2.24) is 9.36 Å². The van der Waals surface area contributed by atoms with Gasteiger partial charge in [0.15, 0.2) is 0 Å². The molecule has 1 aromatic carbocycles. The highest BCUT2D eigenvalue weighted by Gasteiger charge is 2.16. The number of carbonyl (C=O) groups excluding carboxylic acids is 1. The van der Waals surface area contributed by atoms with Crippen molar-refractivity contribution in [1.29, 1.82) is 0 Å². The van der Waals surface area contributed by atoms with Crippen molar-refractivity contribution in [2.24, 2.45) is 0 Å². The van der Waals surface area contributed by atoms with Crippen LogP contribution < -0.4 is 10.6 Å². The number of hydrogen-bond acceptors (Lipinski definition) is 5. The van der Waals surface area contributed by atoms with Gasteiger partial charge in [-0.05, 0) is 26.0 Å². The molecule has 0 atom stereocenters. The monoisotopic (exact) mass is 280 g/mol. The Balaban J connectivity index is 2.25. The summed E-state index contributed by atoms with van der Waals surface area (Å²) >= 11 is 1.09. The van der Waals surface area contributed by atoms with Crippen LogP contribution in [0.3, 0.4) is 0 Å². The summed E-state index contributed by atoms with van der Waals surface area (Å²) in [6.07, 6.45) is 0. The molecule has 0 saturated carbocycles. The van der Waals surface area contributed by atoms with E-state index in [1.165, 1.54) is 12.1 Å². The van der Waals surface area contributed by atoms with Gasteiger partial charge in [-0.2, -0.15) is 4.37 Å². The fourth-order valence-corrected chi connectivity index (χ4v) is 2.15. The van der Waals surface area contributed by atoms with E-state index >= 15 is 0 Å². The van der Waals surface area contributed by atoms with Gasteiger partial charge in [0.05, 0.1) is 11.3 Å². The van der Waals surface area contributed by atoms with Crippen LogP contribution in [-0.2, 0) is 0 Å². The molecule has 0 aliphatic carbocycles. The second-order valence-corrected chi connectivity index (χ2v) is 4.55. The van der Waals surface area contributed by atoms with Gasteiger partial charge in [0, 0.05) is 18.1 Å². The minimum absolute atomic E-state index is 0.198. The van der Waals surface area contributed by atoms with Gasteiger partial charge in [0.1, 0.15) is 11.6 Å². The first kappa shape index (κ1) is 13.4. The van der Waals surface area contributed by atoms with Crippen molar-refractivity contribution in [3.63, 3.8) is 0 Å². The van der Waals surface area contributed by atoms with Crippen LogP contribution in [0.25, 0.3) is 0 Å². The van der Waals surface area contributed by atoms with Crippen molar-refractivity contribution >= 4 is 28.3 Å². The second kappa shape index (κ2) is 5.75. The van der Waals surface area contributed by atoms with Crippen molar-refractivity contribution in [2.75, 3.05) is 17.2 Å². The van der Waals surface area contributed by atoms with Gasteiger partial charge in [-0.25, -0.2) is 9.37 Å². The molecule has 0 unspecified atom stereocenters. The number of para-hydroxylation sites is 1. The maximum atomic E-state index is 13.7. The molecule has 0 spiro atoms. The van der Waals surface area contributed by atoms with Gasteiger partial charge in [0.2, 0.25) is 5.13 Å². The Morgan fingerprint density at radius 1 is 1.47 bits per heavy atom. The van der Waals surface area contributed by atoms with Crippen molar-refractivity contribution in [3.05, 3.63) is 35.4 Å². The smallest absolute Gasteiger partial charge is 0.259 e. The van der Waals surface area contributed by atoms with E-state index in [1.807, 2.05) is 6.92 Å². The summed E-state index contributed by atoms with van der Waals surface area (Å²) in [5, 5.41) is 5.85. The molecule has 2 N–H and O–H groups in total. The maximum absolute atomic E-state index is 13.7. The lowest BCUT2D eigenvalue weighted by Gasteiger charge is -2.10. The lowest BCUT2D eigenvalue weighted by Crippen LogP contribution is -2.15.